The second-order valence-electron chi connectivity index (χ2n) is 3.83. The van der Waals surface area contributed by atoms with Gasteiger partial charge in [-0.25, -0.2) is 4.79 Å². The first-order chi connectivity index (χ1) is 6.97. The maximum Gasteiger partial charge on any atom is 0.331 e. The molecule has 0 aliphatic carbocycles. The highest BCUT2D eigenvalue weighted by Crippen LogP contribution is 1.98. The van der Waals surface area contributed by atoms with E-state index >= 15 is 0 Å². The Kier molecular flexibility index (Phi) is 3.10. The first-order valence-corrected chi connectivity index (χ1v) is 4.68. The predicted molar refractivity (Wildman–Crippen MR) is 55.5 cm³/mol. The third-order valence-electron chi connectivity index (χ3n) is 2.06. The first kappa shape index (κ1) is 11.2. The summed E-state index contributed by atoms with van der Waals surface area (Å²) in [6.07, 6.45) is 0. The molecule has 0 spiro atoms. The number of rotatable bonds is 2. The molecule has 5 heteroatoms. The van der Waals surface area contributed by atoms with Gasteiger partial charge in [0.1, 0.15) is 11.8 Å². The molecule has 0 fully saturated rings. The van der Waals surface area contributed by atoms with Crippen LogP contribution in [0.25, 0.3) is 0 Å². The van der Waals surface area contributed by atoms with Crippen molar-refractivity contribution in [3.8, 4) is 6.07 Å². The van der Waals surface area contributed by atoms with E-state index in [1.54, 1.807) is 0 Å². The van der Waals surface area contributed by atoms with E-state index in [0.717, 1.165) is 4.57 Å². The Bertz CT molecular complexity index is 517. The SMILES string of the molecule is CC(C)Cn1c(C#N)cc(=O)n(C)c1=O. The fourth-order valence-electron chi connectivity index (χ4n) is 1.30. The van der Waals surface area contributed by atoms with E-state index < -0.39 is 11.2 Å². The number of aromatic nitrogens is 2. The van der Waals surface area contributed by atoms with Gasteiger partial charge in [-0.1, -0.05) is 13.8 Å². The number of nitriles is 1. The van der Waals surface area contributed by atoms with Crippen molar-refractivity contribution in [3.63, 3.8) is 0 Å². The monoisotopic (exact) mass is 207 g/mol. The van der Waals surface area contributed by atoms with Gasteiger partial charge in [0.2, 0.25) is 0 Å². The van der Waals surface area contributed by atoms with Gasteiger partial charge in [0.15, 0.2) is 0 Å². The molecular formula is C10H13N3O2. The van der Waals surface area contributed by atoms with Crippen LogP contribution >= 0.6 is 0 Å². The Morgan fingerprint density at radius 2 is 2.07 bits per heavy atom. The fraction of sp³-hybridized carbons (Fsp3) is 0.500. The zero-order valence-electron chi connectivity index (χ0n) is 9.02. The van der Waals surface area contributed by atoms with Crippen LogP contribution in [0.1, 0.15) is 19.5 Å². The van der Waals surface area contributed by atoms with Gasteiger partial charge in [0.05, 0.1) is 0 Å². The molecule has 0 N–H and O–H groups in total. The third-order valence-corrected chi connectivity index (χ3v) is 2.06. The molecule has 0 saturated carbocycles. The van der Waals surface area contributed by atoms with Crippen LogP contribution in [-0.2, 0) is 13.6 Å². The Labute approximate surface area is 87.2 Å². The van der Waals surface area contributed by atoms with E-state index in [1.807, 2.05) is 19.9 Å². The Hall–Kier alpha value is -1.83. The van der Waals surface area contributed by atoms with Gasteiger partial charge >= 0.3 is 5.69 Å². The number of hydrogen-bond donors (Lipinski definition) is 0. The lowest BCUT2D eigenvalue weighted by Gasteiger charge is -2.11. The molecule has 1 aromatic rings. The van der Waals surface area contributed by atoms with E-state index in [2.05, 4.69) is 0 Å². The predicted octanol–water partition coefficient (Wildman–Crippen LogP) is 0.0747. The van der Waals surface area contributed by atoms with Crippen LogP contribution in [0.15, 0.2) is 15.7 Å². The van der Waals surface area contributed by atoms with Crippen molar-refractivity contribution < 1.29 is 0 Å². The molecule has 0 unspecified atom stereocenters. The Morgan fingerprint density at radius 1 is 1.47 bits per heavy atom. The molecule has 1 heterocycles. The van der Waals surface area contributed by atoms with Crippen molar-refractivity contribution in [2.24, 2.45) is 13.0 Å². The van der Waals surface area contributed by atoms with Crippen LogP contribution < -0.4 is 11.2 Å². The van der Waals surface area contributed by atoms with Crippen molar-refractivity contribution in [2.45, 2.75) is 20.4 Å². The summed E-state index contributed by atoms with van der Waals surface area (Å²) in [5.41, 5.74) is -0.763. The second-order valence-corrected chi connectivity index (χ2v) is 3.83. The molecule has 0 atom stereocenters. The topological polar surface area (TPSA) is 67.8 Å². The summed E-state index contributed by atoms with van der Waals surface area (Å²) in [6, 6.07) is 3.04. The smallest absolute Gasteiger partial charge is 0.284 e. The molecule has 1 rings (SSSR count). The Balaban J connectivity index is 3.50. The molecule has 0 aromatic carbocycles. The molecule has 15 heavy (non-hydrogen) atoms. The van der Waals surface area contributed by atoms with Gasteiger partial charge in [0.25, 0.3) is 5.56 Å². The highest BCUT2D eigenvalue weighted by molar-refractivity contribution is 5.19. The summed E-state index contributed by atoms with van der Waals surface area (Å²) >= 11 is 0. The van der Waals surface area contributed by atoms with Crippen LogP contribution in [0.5, 0.6) is 0 Å². The highest BCUT2D eigenvalue weighted by atomic mass is 16.2. The third kappa shape index (κ3) is 2.15. The fourth-order valence-corrected chi connectivity index (χ4v) is 1.30. The normalized spacial score (nSPS) is 10.3. The lowest BCUT2D eigenvalue weighted by molar-refractivity contribution is 0.483. The van der Waals surface area contributed by atoms with Crippen LogP contribution in [0, 0.1) is 17.2 Å². The summed E-state index contributed by atoms with van der Waals surface area (Å²) in [5.74, 6) is 0.243. The van der Waals surface area contributed by atoms with E-state index in [9.17, 15) is 9.59 Å². The van der Waals surface area contributed by atoms with Crippen molar-refractivity contribution in [1.29, 1.82) is 5.26 Å². The summed E-state index contributed by atoms with van der Waals surface area (Å²) < 4.78 is 2.33. The zero-order chi connectivity index (χ0) is 11.6. The maximum absolute atomic E-state index is 11.7. The van der Waals surface area contributed by atoms with Crippen molar-refractivity contribution >= 4 is 0 Å². The molecular weight excluding hydrogens is 194 g/mol. The van der Waals surface area contributed by atoms with Crippen LogP contribution in [0.2, 0.25) is 0 Å². The summed E-state index contributed by atoms with van der Waals surface area (Å²) in [6.45, 7) is 4.33. The molecule has 1 aromatic heterocycles. The maximum atomic E-state index is 11.7. The molecule has 80 valence electrons. The second kappa shape index (κ2) is 4.13. The standard InChI is InChI=1S/C10H13N3O2/c1-7(2)6-13-8(5-11)4-9(14)12(3)10(13)15/h4,7H,6H2,1-3H3. The van der Waals surface area contributed by atoms with Crippen molar-refractivity contribution in [3.05, 3.63) is 32.6 Å². The first-order valence-electron chi connectivity index (χ1n) is 4.68. The quantitative estimate of drug-likeness (QED) is 0.689. The summed E-state index contributed by atoms with van der Waals surface area (Å²) in [7, 11) is 1.41. The van der Waals surface area contributed by atoms with Crippen LogP contribution in [0.4, 0.5) is 0 Å². The highest BCUT2D eigenvalue weighted by Gasteiger charge is 2.09. The average molecular weight is 207 g/mol. The van der Waals surface area contributed by atoms with E-state index in [4.69, 9.17) is 5.26 Å². The number of nitrogens with zero attached hydrogens (tertiary/aromatic N) is 3. The van der Waals surface area contributed by atoms with Gasteiger partial charge in [-0.3, -0.25) is 13.9 Å². The molecule has 0 saturated heterocycles. The minimum Gasteiger partial charge on any atom is -0.284 e. The van der Waals surface area contributed by atoms with Gasteiger partial charge in [-0.15, -0.1) is 0 Å². The van der Waals surface area contributed by atoms with E-state index in [1.165, 1.54) is 17.7 Å². The molecule has 0 radical (unpaired) electrons. The molecule has 0 aliphatic rings. The molecule has 0 bridgehead atoms. The average Bonchev–Trinajstić information content (AvgIpc) is 2.18. The van der Waals surface area contributed by atoms with Gasteiger partial charge in [-0.2, -0.15) is 5.26 Å². The molecule has 0 amide bonds. The molecule has 0 aliphatic heterocycles. The van der Waals surface area contributed by atoms with Crippen LogP contribution in [-0.4, -0.2) is 9.13 Å². The minimum absolute atomic E-state index is 0.122. The minimum atomic E-state index is -0.448. The van der Waals surface area contributed by atoms with Crippen molar-refractivity contribution in [1.82, 2.24) is 9.13 Å². The van der Waals surface area contributed by atoms with Crippen molar-refractivity contribution in [2.75, 3.05) is 0 Å². The zero-order valence-corrected chi connectivity index (χ0v) is 9.02. The molecule has 5 nitrogen and oxygen atoms in total. The van der Waals surface area contributed by atoms with E-state index in [-0.39, 0.29) is 11.6 Å². The summed E-state index contributed by atoms with van der Waals surface area (Å²) in [5, 5.41) is 8.81. The number of hydrogen-bond acceptors (Lipinski definition) is 3. The van der Waals surface area contributed by atoms with E-state index in [0.29, 0.717) is 6.54 Å². The van der Waals surface area contributed by atoms with Gasteiger partial charge in [-0.05, 0) is 5.92 Å². The lowest BCUT2D eigenvalue weighted by atomic mass is 10.2. The van der Waals surface area contributed by atoms with Gasteiger partial charge < -0.3 is 0 Å². The Morgan fingerprint density at radius 3 is 2.53 bits per heavy atom. The largest absolute Gasteiger partial charge is 0.331 e. The van der Waals surface area contributed by atoms with Gasteiger partial charge in [0, 0.05) is 19.7 Å². The lowest BCUT2D eigenvalue weighted by Crippen LogP contribution is -2.39. The van der Waals surface area contributed by atoms with Crippen LogP contribution in [0.3, 0.4) is 0 Å². The summed E-state index contributed by atoms with van der Waals surface area (Å²) in [4.78, 5) is 22.9.